The van der Waals surface area contributed by atoms with Gasteiger partial charge in [-0.15, -0.1) is 0 Å². The molecule has 2 rings (SSSR count). The Labute approximate surface area is 135 Å². The zero-order chi connectivity index (χ0) is 16.3. The third-order valence-electron chi connectivity index (χ3n) is 3.00. The van der Waals surface area contributed by atoms with Gasteiger partial charge in [-0.3, -0.25) is 0 Å². The van der Waals surface area contributed by atoms with Crippen LogP contribution in [0.3, 0.4) is 0 Å². The second-order valence-corrected chi connectivity index (χ2v) is 4.67. The molecule has 0 unspecified atom stereocenters. The molecule has 2 aromatic rings. The van der Waals surface area contributed by atoms with E-state index in [1.165, 1.54) is 0 Å². The standard InChI is InChI=1S/C16H22N2O5/c1-20-7-8-21-9-10-22-11-12-23-14-3-4-15(16(19)13-14)18-6-2-5-17-18/h2-6,13,19H,7-12H2,1H3. The van der Waals surface area contributed by atoms with Crippen LogP contribution in [-0.4, -0.2) is 61.6 Å². The number of rotatable bonds is 11. The molecule has 0 aliphatic carbocycles. The number of aromatic hydroxyl groups is 1. The third-order valence-corrected chi connectivity index (χ3v) is 3.00. The number of phenolic OH excluding ortho intramolecular Hbond substituents is 1. The molecule has 0 saturated heterocycles. The van der Waals surface area contributed by atoms with Crippen molar-refractivity contribution < 1.29 is 24.1 Å². The monoisotopic (exact) mass is 322 g/mol. The maximum Gasteiger partial charge on any atom is 0.144 e. The van der Waals surface area contributed by atoms with Crippen LogP contribution in [0.4, 0.5) is 0 Å². The zero-order valence-corrected chi connectivity index (χ0v) is 13.2. The Kier molecular flexibility index (Phi) is 7.38. The van der Waals surface area contributed by atoms with Crippen LogP contribution in [0.5, 0.6) is 11.5 Å². The van der Waals surface area contributed by atoms with Crippen molar-refractivity contribution in [1.29, 1.82) is 0 Å². The van der Waals surface area contributed by atoms with E-state index in [1.54, 1.807) is 48.5 Å². The first-order valence-corrected chi connectivity index (χ1v) is 7.41. The largest absolute Gasteiger partial charge is 0.506 e. The van der Waals surface area contributed by atoms with Crippen molar-refractivity contribution in [3.63, 3.8) is 0 Å². The minimum atomic E-state index is 0.110. The Morgan fingerprint density at radius 1 is 1.04 bits per heavy atom. The lowest BCUT2D eigenvalue weighted by Crippen LogP contribution is -2.12. The summed E-state index contributed by atoms with van der Waals surface area (Å²) in [5.41, 5.74) is 0.604. The number of methoxy groups -OCH3 is 1. The number of hydrogen-bond acceptors (Lipinski definition) is 6. The molecular formula is C16H22N2O5. The van der Waals surface area contributed by atoms with Crippen molar-refractivity contribution in [2.24, 2.45) is 0 Å². The van der Waals surface area contributed by atoms with Gasteiger partial charge >= 0.3 is 0 Å². The van der Waals surface area contributed by atoms with Crippen LogP contribution < -0.4 is 4.74 Å². The Hall–Kier alpha value is -2.09. The molecule has 23 heavy (non-hydrogen) atoms. The van der Waals surface area contributed by atoms with Gasteiger partial charge in [0.15, 0.2) is 0 Å². The van der Waals surface area contributed by atoms with Crippen molar-refractivity contribution in [1.82, 2.24) is 9.78 Å². The van der Waals surface area contributed by atoms with Crippen LogP contribution in [0.15, 0.2) is 36.7 Å². The van der Waals surface area contributed by atoms with E-state index in [-0.39, 0.29) is 5.75 Å². The Balaban J connectivity index is 1.64. The number of phenols is 1. The van der Waals surface area contributed by atoms with Gasteiger partial charge < -0.3 is 24.1 Å². The van der Waals surface area contributed by atoms with E-state index >= 15 is 0 Å². The van der Waals surface area contributed by atoms with E-state index in [4.69, 9.17) is 18.9 Å². The number of aromatic nitrogens is 2. The summed E-state index contributed by atoms with van der Waals surface area (Å²) in [4.78, 5) is 0. The van der Waals surface area contributed by atoms with Crippen LogP contribution >= 0.6 is 0 Å². The molecule has 0 aliphatic heterocycles. The van der Waals surface area contributed by atoms with Gasteiger partial charge in [0.05, 0.1) is 33.0 Å². The molecule has 0 spiro atoms. The highest BCUT2D eigenvalue weighted by molar-refractivity contribution is 5.49. The van der Waals surface area contributed by atoms with Gasteiger partial charge in [-0.2, -0.15) is 5.10 Å². The third kappa shape index (κ3) is 5.90. The Morgan fingerprint density at radius 2 is 1.78 bits per heavy atom. The summed E-state index contributed by atoms with van der Waals surface area (Å²) in [5.74, 6) is 0.692. The van der Waals surface area contributed by atoms with Gasteiger partial charge in [0, 0.05) is 25.6 Å². The molecule has 7 nitrogen and oxygen atoms in total. The van der Waals surface area contributed by atoms with Crippen LogP contribution in [0.2, 0.25) is 0 Å². The smallest absolute Gasteiger partial charge is 0.144 e. The Morgan fingerprint density at radius 3 is 2.43 bits per heavy atom. The van der Waals surface area contributed by atoms with E-state index in [0.29, 0.717) is 51.1 Å². The average Bonchev–Trinajstić information content (AvgIpc) is 3.07. The Bertz CT molecular complexity index is 560. The maximum absolute atomic E-state index is 10.0. The lowest BCUT2D eigenvalue weighted by atomic mass is 10.3. The lowest BCUT2D eigenvalue weighted by molar-refractivity contribution is 0.0179. The predicted molar refractivity (Wildman–Crippen MR) is 84.2 cm³/mol. The summed E-state index contributed by atoms with van der Waals surface area (Å²) in [6.45, 7) is 3.05. The molecule has 0 atom stereocenters. The minimum Gasteiger partial charge on any atom is -0.506 e. The number of benzene rings is 1. The molecule has 1 aromatic heterocycles. The second kappa shape index (κ2) is 9.83. The molecule has 1 heterocycles. The van der Waals surface area contributed by atoms with Gasteiger partial charge in [0.1, 0.15) is 23.8 Å². The van der Waals surface area contributed by atoms with Gasteiger partial charge in [0.2, 0.25) is 0 Å². The van der Waals surface area contributed by atoms with Crippen molar-refractivity contribution in [2.45, 2.75) is 0 Å². The lowest BCUT2D eigenvalue weighted by Gasteiger charge is -2.10. The summed E-state index contributed by atoms with van der Waals surface area (Å²) in [6.07, 6.45) is 3.41. The van der Waals surface area contributed by atoms with Crippen molar-refractivity contribution >= 4 is 0 Å². The van der Waals surface area contributed by atoms with E-state index in [9.17, 15) is 5.11 Å². The first-order valence-electron chi connectivity index (χ1n) is 7.41. The van der Waals surface area contributed by atoms with E-state index in [0.717, 1.165) is 0 Å². The predicted octanol–water partition coefficient (Wildman–Crippen LogP) is 1.64. The molecule has 0 radical (unpaired) electrons. The molecule has 0 bridgehead atoms. The van der Waals surface area contributed by atoms with E-state index in [2.05, 4.69) is 5.10 Å². The van der Waals surface area contributed by atoms with Crippen LogP contribution in [0, 0.1) is 0 Å². The number of ether oxygens (including phenoxy) is 4. The fourth-order valence-corrected chi connectivity index (χ4v) is 1.88. The summed E-state index contributed by atoms with van der Waals surface area (Å²) in [7, 11) is 1.64. The highest BCUT2D eigenvalue weighted by atomic mass is 16.6. The topological polar surface area (TPSA) is 75.0 Å². The fraction of sp³-hybridized carbons (Fsp3) is 0.438. The van der Waals surface area contributed by atoms with Gasteiger partial charge in [-0.25, -0.2) is 4.68 Å². The summed E-state index contributed by atoms with van der Waals surface area (Å²) in [6, 6.07) is 6.89. The van der Waals surface area contributed by atoms with Crippen molar-refractivity contribution in [3.8, 4) is 17.2 Å². The summed E-state index contributed by atoms with van der Waals surface area (Å²) >= 11 is 0. The first kappa shape index (κ1) is 17.3. The quantitative estimate of drug-likeness (QED) is 0.634. The van der Waals surface area contributed by atoms with E-state index < -0.39 is 0 Å². The van der Waals surface area contributed by atoms with Crippen LogP contribution in [0.25, 0.3) is 5.69 Å². The number of nitrogens with zero attached hydrogens (tertiary/aromatic N) is 2. The molecule has 1 N–H and O–H groups in total. The first-order chi connectivity index (χ1) is 11.3. The normalized spacial score (nSPS) is 10.8. The minimum absolute atomic E-state index is 0.110. The zero-order valence-electron chi connectivity index (χ0n) is 13.2. The molecule has 0 amide bonds. The van der Waals surface area contributed by atoms with Gasteiger partial charge in [-0.05, 0) is 18.2 Å². The molecule has 0 saturated carbocycles. The average molecular weight is 322 g/mol. The van der Waals surface area contributed by atoms with Crippen LogP contribution in [0.1, 0.15) is 0 Å². The molecule has 0 aliphatic rings. The molecule has 1 aromatic carbocycles. The summed E-state index contributed by atoms with van der Waals surface area (Å²) in [5, 5.41) is 14.1. The molecule has 7 heteroatoms. The second-order valence-electron chi connectivity index (χ2n) is 4.67. The maximum atomic E-state index is 10.0. The molecular weight excluding hydrogens is 300 g/mol. The van der Waals surface area contributed by atoms with Crippen molar-refractivity contribution in [2.75, 3.05) is 46.8 Å². The van der Waals surface area contributed by atoms with Crippen molar-refractivity contribution in [3.05, 3.63) is 36.7 Å². The van der Waals surface area contributed by atoms with E-state index in [1.807, 2.05) is 0 Å². The summed E-state index contributed by atoms with van der Waals surface area (Å²) < 4.78 is 22.6. The highest BCUT2D eigenvalue weighted by Gasteiger charge is 2.05. The SMILES string of the molecule is COCCOCCOCCOc1ccc(-n2cccn2)c(O)c1. The highest BCUT2D eigenvalue weighted by Crippen LogP contribution is 2.26. The van der Waals surface area contributed by atoms with Gasteiger partial charge in [-0.1, -0.05) is 0 Å². The van der Waals surface area contributed by atoms with Gasteiger partial charge in [0.25, 0.3) is 0 Å². The number of hydrogen-bond donors (Lipinski definition) is 1. The fourth-order valence-electron chi connectivity index (χ4n) is 1.88. The molecule has 126 valence electrons. The van der Waals surface area contributed by atoms with Crippen LogP contribution in [-0.2, 0) is 14.2 Å². The molecule has 0 fully saturated rings.